The fraction of sp³-hybridized carbons (Fsp3) is 0.128. The normalized spacial score (nSPS) is 21.9. The molecule has 0 saturated heterocycles. The lowest BCUT2D eigenvalue weighted by atomic mass is 9.79. The minimum absolute atomic E-state index is 0.0161. The van der Waals surface area contributed by atoms with Crippen molar-refractivity contribution >= 4 is 33.9 Å². The van der Waals surface area contributed by atoms with Gasteiger partial charge in [0.25, 0.3) is 5.82 Å². The van der Waals surface area contributed by atoms with Crippen LogP contribution in [-0.2, 0) is 5.54 Å². The molecule has 0 radical (unpaired) electrons. The summed E-state index contributed by atoms with van der Waals surface area (Å²) in [6.07, 6.45) is 7.47. The number of rotatable bonds is 6. The number of pyridine rings is 2. The highest BCUT2D eigenvalue weighted by molar-refractivity contribution is 5.97. The van der Waals surface area contributed by atoms with Gasteiger partial charge in [-0.25, -0.2) is 9.79 Å². The maximum atomic E-state index is 14.7. The third-order valence-electron chi connectivity index (χ3n) is 9.82. The molecule has 0 fully saturated rings. The Morgan fingerprint density at radius 3 is 2.09 bits per heavy atom. The van der Waals surface area contributed by atoms with Gasteiger partial charge in [-0.05, 0) is 48.6 Å². The SMILES string of the molecule is CC(c1ccccc1)[N+]1(C(C)c2ccccc2)C(=O)NC2=C1N[C@](c1cccc3cnccc13)(c1cccc3ncccc13)C=N2. The Balaban J connectivity index is 1.42. The Labute approximate surface area is 267 Å². The smallest absolute Gasteiger partial charge is 0.319 e. The summed E-state index contributed by atoms with van der Waals surface area (Å²) in [4.78, 5) is 28.9. The predicted molar refractivity (Wildman–Crippen MR) is 181 cm³/mol. The number of nitrogens with zero attached hydrogens (tertiary/aromatic N) is 4. The van der Waals surface area contributed by atoms with Crippen LogP contribution in [-0.4, -0.2) is 26.7 Å². The van der Waals surface area contributed by atoms with Gasteiger partial charge >= 0.3 is 6.03 Å². The number of carbonyl (C=O) groups is 1. The van der Waals surface area contributed by atoms with Gasteiger partial charge < -0.3 is 5.32 Å². The number of aromatic nitrogens is 2. The van der Waals surface area contributed by atoms with E-state index in [9.17, 15) is 4.79 Å². The maximum Gasteiger partial charge on any atom is 0.429 e. The first kappa shape index (κ1) is 27.9. The third kappa shape index (κ3) is 4.02. The van der Waals surface area contributed by atoms with Crippen molar-refractivity contribution in [3.05, 3.63) is 168 Å². The van der Waals surface area contributed by atoms with E-state index in [4.69, 9.17) is 9.98 Å². The number of aliphatic imine (C=N–C) groups is 1. The zero-order valence-electron chi connectivity index (χ0n) is 25.6. The third-order valence-corrected chi connectivity index (χ3v) is 9.82. The molecule has 46 heavy (non-hydrogen) atoms. The molecule has 0 spiro atoms. The largest absolute Gasteiger partial charge is 0.429 e. The summed E-state index contributed by atoms with van der Waals surface area (Å²) in [5.74, 6) is 1.26. The lowest BCUT2D eigenvalue weighted by Gasteiger charge is -2.46. The van der Waals surface area contributed by atoms with Crippen molar-refractivity contribution in [2.45, 2.75) is 31.5 Å². The summed E-state index contributed by atoms with van der Waals surface area (Å²) in [6.45, 7) is 4.27. The Bertz CT molecular complexity index is 2040. The van der Waals surface area contributed by atoms with E-state index in [1.165, 1.54) is 0 Å². The van der Waals surface area contributed by atoms with Crippen molar-refractivity contribution in [1.29, 1.82) is 0 Å². The van der Waals surface area contributed by atoms with Gasteiger partial charge in [0.1, 0.15) is 17.6 Å². The number of urea groups is 1. The van der Waals surface area contributed by atoms with Crippen LogP contribution >= 0.6 is 0 Å². The maximum absolute atomic E-state index is 14.7. The molecular formula is C39H33N6O+. The van der Waals surface area contributed by atoms with Gasteiger partial charge in [-0.15, -0.1) is 0 Å². The van der Waals surface area contributed by atoms with Gasteiger partial charge in [-0.1, -0.05) is 97.1 Å². The second-order valence-corrected chi connectivity index (χ2v) is 12.0. The molecule has 2 aliphatic rings. The van der Waals surface area contributed by atoms with Crippen LogP contribution in [0.25, 0.3) is 21.7 Å². The van der Waals surface area contributed by atoms with Gasteiger partial charge in [0.15, 0.2) is 0 Å². The molecule has 2 N–H and O–H groups in total. The van der Waals surface area contributed by atoms with Gasteiger partial charge in [-0.3, -0.25) is 15.3 Å². The highest BCUT2D eigenvalue weighted by atomic mass is 16.2. The van der Waals surface area contributed by atoms with E-state index in [0.29, 0.717) is 5.82 Å². The summed E-state index contributed by atoms with van der Waals surface area (Å²) in [7, 11) is 0. The number of hydrogen-bond donors (Lipinski definition) is 2. The van der Waals surface area contributed by atoms with E-state index in [1.807, 2.05) is 79.4 Å². The number of nitrogens with one attached hydrogen (secondary N) is 2. The molecule has 0 bridgehead atoms. The highest BCUT2D eigenvalue weighted by Crippen LogP contribution is 2.50. The zero-order chi connectivity index (χ0) is 31.3. The molecule has 7 nitrogen and oxygen atoms in total. The molecule has 2 unspecified atom stereocenters. The van der Waals surface area contributed by atoms with Crippen LogP contribution in [0, 0.1) is 0 Å². The van der Waals surface area contributed by atoms with E-state index in [2.05, 4.69) is 90.1 Å². The van der Waals surface area contributed by atoms with Crippen LogP contribution in [0.1, 0.15) is 48.2 Å². The van der Waals surface area contributed by atoms with Crippen LogP contribution < -0.4 is 10.6 Å². The molecule has 0 saturated carbocycles. The lowest BCUT2D eigenvalue weighted by Crippen LogP contribution is -2.60. The molecule has 3 atom stereocenters. The number of hydrogen-bond acceptors (Lipinski definition) is 5. The summed E-state index contributed by atoms with van der Waals surface area (Å²) in [5, 5.41) is 10.3. The van der Waals surface area contributed by atoms with Gasteiger partial charge in [-0.2, -0.15) is 4.48 Å². The molecule has 2 aromatic heterocycles. The van der Waals surface area contributed by atoms with Gasteiger partial charge in [0.2, 0.25) is 5.82 Å². The van der Waals surface area contributed by atoms with Crippen molar-refractivity contribution in [3.63, 3.8) is 0 Å². The first-order valence-corrected chi connectivity index (χ1v) is 15.6. The second kappa shape index (κ2) is 10.8. The molecular weight excluding hydrogens is 568 g/mol. The van der Waals surface area contributed by atoms with Crippen molar-refractivity contribution in [2.24, 2.45) is 4.99 Å². The average molecular weight is 602 g/mol. The monoisotopic (exact) mass is 601 g/mol. The average Bonchev–Trinajstić information content (AvgIpc) is 3.42. The minimum atomic E-state index is -0.954. The number of benzene rings is 4. The van der Waals surface area contributed by atoms with E-state index < -0.39 is 5.54 Å². The van der Waals surface area contributed by atoms with Crippen LogP contribution in [0.4, 0.5) is 4.79 Å². The van der Waals surface area contributed by atoms with Crippen LogP contribution in [0.2, 0.25) is 0 Å². The molecule has 2 amide bonds. The molecule has 0 aliphatic carbocycles. The van der Waals surface area contributed by atoms with E-state index in [1.54, 1.807) is 0 Å². The van der Waals surface area contributed by atoms with Crippen LogP contribution in [0.15, 0.2) is 150 Å². The van der Waals surface area contributed by atoms with Crippen LogP contribution in [0.5, 0.6) is 0 Å². The quantitative estimate of drug-likeness (QED) is 0.190. The first-order valence-electron chi connectivity index (χ1n) is 15.6. The molecule has 4 heterocycles. The summed E-state index contributed by atoms with van der Waals surface area (Å²) >= 11 is 0. The number of fused-ring (bicyclic) bond motifs is 2. The molecule has 6 aromatic rings. The van der Waals surface area contributed by atoms with Crippen molar-refractivity contribution < 1.29 is 9.28 Å². The number of amides is 2. The molecule has 7 heteroatoms. The first-order chi connectivity index (χ1) is 22.5. The van der Waals surface area contributed by atoms with Crippen molar-refractivity contribution in [1.82, 2.24) is 20.6 Å². The molecule has 4 aromatic carbocycles. The predicted octanol–water partition coefficient (Wildman–Crippen LogP) is 7.89. The van der Waals surface area contributed by atoms with Gasteiger partial charge in [0, 0.05) is 46.7 Å². The summed E-state index contributed by atoms with van der Waals surface area (Å²) in [6, 6.07) is 38.5. The summed E-state index contributed by atoms with van der Waals surface area (Å²) in [5.41, 5.74) is 4.05. The molecule has 2 aliphatic heterocycles. The van der Waals surface area contributed by atoms with Crippen molar-refractivity contribution in [2.75, 3.05) is 0 Å². The fourth-order valence-corrected chi connectivity index (χ4v) is 7.50. The summed E-state index contributed by atoms with van der Waals surface area (Å²) < 4.78 is -0.0161. The standard InChI is InChI=1S/C39H32N6O/c1-26(28-12-5-3-6-13-28)45(27(2)29-14-7-4-8-15-29)37-36(43-38(45)46)42-25-39(44-37,33-18-9-16-30-24-40-23-21-31(30)33)34-19-10-20-35-32(34)17-11-22-41-35/h3-27,44H,1-2H3/p+1/t26?,27?,39-,45?/m1/s1. The lowest BCUT2D eigenvalue weighted by molar-refractivity contribution is -0.872. The Morgan fingerprint density at radius 2 is 1.37 bits per heavy atom. The minimum Gasteiger partial charge on any atom is -0.319 e. The van der Waals surface area contributed by atoms with E-state index in [0.717, 1.165) is 49.8 Å². The molecule has 8 rings (SSSR count). The second-order valence-electron chi connectivity index (χ2n) is 12.0. The zero-order valence-corrected chi connectivity index (χ0v) is 25.6. The Hall–Kier alpha value is -5.66. The van der Waals surface area contributed by atoms with Gasteiger partial charge in [0.05, 0.1) is 5.52 Å². The molecule has 224 valence electrons. The van der Waals surface area contributed by atoms with Crippen molar-refractivity contribution in [3.8, 4) is 0 Å². The Morgan fingerprint density at radius 1 is 0.696 bits per heavy atom. The van der Waals surface area contributed by atoms with E-state index in [-0.39, 0.29) is 22.6 Å². The Kier molecular flexibility index (Phi) is 6.51. The fourth-order valence-electron chi connectivity index (χ4n) is 7.50. The van der Waals surface area contributed by atoms with E-state index >= 15 is 0 Å². The highest BCUT2D eigenvalue weighted by Gasteiger charge is 2.60. The van der Waals surface area contributed by atoms with Crippen LogP contribution in [0.3, 0.4) is 0 Å². The number of quaternary nitrogens is 1. The number of carbonyl (C=O) groups excluding carboxylic acids is 1. The topological polar surface area (TPSA) is 79.3 Å².